The summed E-state index contributed by atoms with van der Waals surface area (Å²) in [6, 6.07) is 3.42. The van der Waals surface area contributed by atoms with E-state index in [1.54, 1.807) is 54.0 Å². The summed E-state index contributed by atoms with van der Waals surface area (Å²) >= 11 is 1.59. The van der Waals surface area contributed by atoms with Crippen LogP contribution in [0, 0.1) is 6.92 Å². The summed E-state index contributed by atoms with van der Waals surface area (Å²) in [5, 5.41) is 3.78. The predicted molar refractivity (Wildman–Crippen MR) is 71.6 cm³/mol. The molecule has 0 aromatic carbocycles. The second kappa shape index (κ2) is 5.59. The van der Waals surface area contributed by atoms with Gasteiger partial charge in [0, 0.05) is 24.3 Å². The van der Waals surface area contributed by atoms with E-state index < -0.39 is 0 Å². The molecule has 0 saturated heterocycles. The first kappa shape index (κ1) is 12.5. The third-order valence-corrected chi connectivity index (χ3v) is 3.22. The highest BCUT2D eigenvalue weighted by molar-refractivity contribution is 7.11. The molecule has 0 aliphatic rings. The van der Waals surface area contributed by atoms with Crippen molar-refractivity contribution in [2.45, 2.75) is 13.5 Å². The molecule has 1 N–H and O–H groups in total. The molecule has 0 aliphatic heterocycles. The van der Waals surface area contributed by atoms with Crippen LogP contribution in [0.3, 0.4) is 0 Å². The number of nitrogens with zero attached hydrogens (tertiary/aromatic N) is 3. The van der Waals surface area contributed by atoms with Gasteiger partial charge in [0.15, 0.2) is 0 Å². The number of aromatic nitrogens is 2. The molecular formula is C12H14N4OS. The van der Waals surface area contributed by atoms with Crippen molar-refractivity contribution >= 4 is 23.1 Å². The minimum atomic E-state index is -0.158. The van der Waals surface area contributed by atoms with Crippen LogP contribution in [0.2, 0.25) is 0 Å². The monoisotopic (exact) mass is 262 g/mol. The van der Waals surface area contributed by atoms with E-state index in [0.717, 1.165) is 9.88 Å². The van der Waals surface area contributed by atoms with Crippen molar-refractivity contribution < 1.29 is 4.79 Å². The number of carbonyl (C=O) groups excluding carboxylic acids is 1. The summed E-state index contributed by atoms with van der Waals surface area (Å²) in [7, 11) is 1.75. The lowest BCUT2D eigenvalue weighted by molar-refractivity contribution is 0.221. The van der Waals surface area contributed by atoms with E-state index in [-0.39, 0.29) is 6.03 Å². The van der Waals surface area contributed by atoms with Gasteiger partial charge in [-0.1, -0.05) is 0 Å². The lowest BCUT2D eigenvalue weighted by Gasteiger charge is -2.16. The van der Waals surface area contributed by atoms with E-state index in [4.69, 9.17) is 0 Å². The Hall–Kier alpha value is -1.95. The first-order chi connectivity index (χ1) is 8.65. The second-order valence-electron chi connectivity index (χ2n) is 3.87. The molecule has 2 rings (SSSR count). The molecule has 0 atom stereocenters. The van der Waals surface area contributed by atoms with Gasteiger partial charge in [0.1, 0.15) is 0 Å². The Bertz CT molecular complexity index is 526. The maximum absolute atomic E-state index is 11.9. The largest absolute Gasteiger partial charge is 0.322 e. The van der Waals surface area contributed by atoms with Gasteiger partial charge < -0.3 is 10.2 Å². The number of carbonyl (C=O) groups is 1. The van der Waals surface area contributed by atoms with Crippen LogP contribution in [0.1, 0.15) is 9.88 Å². The Balaban J connectivity index is 1.93. The minimum Gasteiger partial charge on any atom is -0.322 e. The van der Waals surface area contributed by atoms with Crippen molar-refractivity contribution in [3.63, 3.8) is 0 Å². The molecule has 0 unspecified atom stereocenters. The summed E-state index contributed by atoms with van der Waals surface area (Å²) in [6.07, 6.45) is 5.08. The smallest absolute Gasteiger partial charge is 0.321 e. The zero-order valence-electron chi connectivity index (χ0n) is 10.3. The lowest BCUT2D eigenvalue weighted by Crippen LogP contribution is -2.30. The summed E-state index contributed by atoms with van der Waals surface area (Å²) in [6.45, 7) is 2.50. The Morgan fingerprint density at radius 2 is 2.33 bits per heavy atom. The number of rotatable bonds is 3. The average Bonchev–Trinajstić information content (AvgIpc) is 2.76. The molecule has 2 amide bonds. The first-order valence-corrected chi connectivity index (χ1v) is 6.30. The molecule has 0 aliphatic carbocycles. The summed E-state index contributed by atoms with van der Waals surface area (Å²) in [5.41, 5.74) is 0.690. The van der Waals surface area contributed by atoms with Crippen LogP contribution < -0.4 is 5.32 Å². The van der Waals surface area contributed by atoms with Gasteiger partial charge in [-0.2, -0.15) is 0 Å². The number of pyridine rings is 1. The van der Waals surface area contributed by atoms with Crippen LogP contribution in [0.5, 0.6) is 0 Å². The molecule has 0 radical (unpaired) electrons. The molecule has 0 fully saturated rings. The SMILES string of the molecule is Cc1ncc(CN(C)C(=O)Nc2cccnc2)s1. The van der Waals surface area contributed by atoms with Crippen LogP contribution in [0.15, 0.2) is 30.7 Å². The van der Waals surface area contributed by atoms with Crippen LogP contribution in [-0.2, 0) is 6.54 Å². The molecular weight excluding hydrogens is 248 g/mol. The highest BCUT2D eigenvalue weighted by atomic mass is 32.1. The summed E-state index contributed by atoms with van der Waals surface area (Å²) in [5.74, 6) is 0. The normalized spacial score (nSPS) is 10.1. The van der Waals surface area contributed by atoms with E-state index in [1.807, 2.05) is 6.92 Å². The number of amides is 2. The quantitative estimate of drug-likeness (QED) is 0.924. The molecule has 0 saturated carbocycles. The fourth-order valence-electron chi connectivity index (χ4n) is 1.44. The van der Waals surface area contributed by atoms with Gasteiger partial charge in [-0.05, 0) is 19.1 Å². The van der Waals surface area contributed by atoms with Gasteiger partial charge in [0.05, 0.1) is 23.4 Å². The van der Waals surface area contributed by atoms with Gasteiger partial charge in [-0.3, -0.25) is 4.98 Å². The average molecular weight is 262 g/mol. The summed E-state index contributed by atoms with van der Waals surface area (Å²) in [4.78, 5) is 22.7. The van der Waals surface area contributed by atoms with Crippen LogP contribution >= 0.6 is 11.3 Å². The number of hydrogen-bond acceptors (Lipinski definition) is 4. The van der Waals surface area contributed by atoms with Crippen LogP contribution in [0.25, 0.3) is 0 Å². The zero-order valence-corrected chi connectivity index (χ0v) is 11.1. The second-order valence-corrected chi connectivity index (χ2v) is 5.19. The predicted octanol–water partition coefficient (Wildman–Crippen LogP) is 2.51. The van der Waals surface area contributed by atoms with Crippen molar-refractivity contribution in [2.24, 2.45) is 0 Å². The van der Waals surface area contributed by atoms with E-state index in [1.165, 1.54) is 0 Å². The van der Waals surface area contributed by atoms with Gasteiger partial charge in [0.25, 0.3) is 0 Å². The third-order valence-electron chi connectivity index (χ3n) is 2.32. The third kappa shape index (κ3) is 3.27. The molecule has 0 spiro atoms. The number of anilines is 1. The number of thiazole rings is 1. The highest BCUT2D eigenvalue weighted by Gasteiger charge is 2.10. The Labute approximate surface area is 109 Å². The number of hydrogen-bond donors (Lipinski definition) is 1. The van der Waals surface area contributed by atoms with Crippen molar-refractivity contribution in [3.8, 4) is 0 Å². The van der Waals surface area contributed by atoms with Gasteiger partial charge in [-0.15, -0.1) is 11.3 Å². The fourth-order valence-corrected chi connectivity index (χ4v) is 2.29. The van der Waals surface area contributed by atoms with Gasteiger partial charge in [-0.25, -0.2) is 9.78 Å². The van der Waals surface area contributed by atoms with Crippen molar-refractivity contribution in [2.75, 3.05) is 12.4 Å². The molecule has 0 bridgehead atoms. The summed E-state index contributed by atoms with van der Waals surface area (Å²) < 4.78 is 0. The number of nitrogens with one attached hydrogen (secondary N) is 1. The molecule has 94 valence electrons. The molecule has 5 nitrogen and oxygen atoms in total. The minimum absolute atomic E-state index is 0.158. The van der Waals surface area contributed by atoms with Gasteiger partial charge in [0.2, 0.25) is 0 Å². The zero-order chi connectivity index (χ0) is 13.0. The fraction of sp³-hybridized carbons (Fsp3) is 0.250. The molecule has 18 heavy (non-hydrogen) atoms. The van der Waals surface area contributed by atoms with E-state index in [0.29, 0.717) is 12.2 Å². The Morgan fingerprint density at radius 3 is 2.94 bits per heavy atom. The van der Waals surface area contributed by atoms with Crippen LogP contribution in [-0.4, -0.2) is 27.9 Å². The van der Waals surface area contributed by atoms with E-state index in [9.17, 15) is 4.79 Å². The molecule has 2 heterocycles. The first-order valence-electron chi connectivity index (χ1n) is 5.48. The Kier molecular flexibility index (Phi) is 3.88. The van der Waals surface area contributed by atoms with Gasteiger partial charge >= 0.3 is 6.03 Å². The van der Waals surface area contributed by atoms with Crippen molar-refractivity contribution in [1.29, 1.82) is 0 Å². The van der Waals surface area contributed by atoms with E-state index >= 15 is 0 Å². The Morgan fingerprint density at radius 1 is 1.50 bits per heavy atom. The maximum Gasteiger partial charge on any atom is 0.321 e. The molecule has 2 aromatic rings. The lowest BCUT2D eigenvalue weighted by atomic mass is 10.4. The standard InChI is InChI=1S/C12H14N4OS/c1-9-14-7-11(18-9)8-16(2)12(17)15-10-4-3-5-13-6-10/h3-7H,8H2,1-2H3,(H,15,17). The number of aryl methyl sites for hydroxylation is 1. The number of urea groups is 1. The van der Waals surface area contributed by atoms with Crippen LogP contribution in [0.4, 0.5) is 10.5 Å². The van der Waals surface area contributed by atoms with E-state index in [2.05, 4.69) is 15.3 Å². The topological polar surface area (TPSA) is 58.1 Å². The maximum atomic E-state index is 11.9. The molecule has 2 aromatic heterocycles. The van der Waals surface area contributed by atoms with Crippen molar-refractivity contribution in [1.82, 2.24) is 14.9 Å². The molecule has 6 heteroatoms. The van der Waals surface area contributed by atoms with Crippen molar-refractivity contribution in [3.05, 3.63) is 40.6 Å². The highest BCUT2D eigenvalue weighted by Crippen LogP contribution is 2.14.